The quantitative estimate of drug-likeness (QED) is 0.874. The minimum Gasteiger partial charge on any atom is -0.490 e. The Bertz CT molecular complexity index is 328. The monoisotopic (exact) mass is 288 g/mol. The summed E-state index contributed by atoms with van der Waals surface area (Å²) in [6, 6.07) is 5.83. The second-order valence-electron chi connectivity index (χ2n) is 3.56. The Kier molecular flexibility index (Phi) is 5.80. The number of benzene rings is 1. The van der Waals surface area contributed by atoms with Crippen LogP contribution < -0.4 is 4.74 Å². The summed E-state index contributed by atoms with van der Waals surface area (Å²) < 4.78 is 11.5. The van der Waals surface area contributed by atoms with Crippen LogP contribution in [0.15, 0.2) is 22.7 Å². The number of aryl methyl sites for hydroxylation is 1. The summed E-state index contributed by atoms with van der Waals surface area (Å²) in [4.78, 5) is 0. The van der Waals surface area contributed by atoms with E-state index in [4.69, 9.17) is 9.47 Å². The van der Waals surface area contributed by atoms with Gasteiger partial charge >= 0.3 is 0 Å². The van der Waals surface area contributed by atoms with Crippen LogP contribution in [0.5, 0.6) is 5.75 Å². The third kappa shape index (κ3) is 4.51. The van der Waals surface area contributed by atoms with Crippen molar-refractivity contribution in [1.82, 2.24) is 0 Å². The van der Waals surface area contributed by atoms with Crippen molar-refractivity contribution >= 4 is 15.9 Å². The first kappa shape index (κ1) is 13.5. The smallest absolute Gasteiger partial charge is 0.133 e. The fraction of sp³-hybridized carbons (Fsp3) is 0.500. The Morgan fingerprint density at radius 3 is 2.75 bits per heavy atom. The van der Waals surface area contributed by atoms with Crippen molar-refractivity contribution in [3.8, 4) is 5.75 Å². The first-order valence-electron chi connectivity index (χ1n) is 5.28. The van der Waals surface area contributed by atoms with Crippen molar-refractivity contribution < 1.29 is 14.6 Å². The normalized spacial score (nSPS) is 12.5. The highest BCUT2D eigenvalue weighted by Gasteiger charge is 2.07. The Balaban J connectivity index is 2.42. The van der Waals surface area contributed by atoms with E-state index in [9.17, 15) is 5.11 Å². The highest BCUT2D eigenvalue weighted by Crippen LogP contribution is 2.25. The lowest BCUT2D eigenvalue weighted by atomic mass is 10.2. The van der Waals surface area contributed by atoms with Gasteiger partial charge in [0.25, 0.3) is 0 Å². The lowest BCUT2D eigenvalue weighted by molar-refractivity contribution is 0.0163. The second-order valence-corrected chi connectivity index (χ2v) is 4.41. The average Bonchev–Trinajstić information content (AvgIpc) is 2.25. The third-order valence-corrected chi connectivity index (χ3v) is 2.65. The van der Waals surface area contributed by atoms with Gasteiger partial charge in [0.2, 0.25) is 0 Å². The van der Waals surface area contributed by atoms with E-state index in [2.05, 4.69) is 15.9 Å². The third-order valence-electron chi connectivity index (χ3n) is 2.03. The van der Waals surface area contributed by atoms with Gasteiger partial charge in [0, 0.05) is 6.61 Å². The van der Waals surface area contributed by atoms with Crippen LogP contribution >= 0.6 is 15.9 Å². The zero-order valence-corrected chi connectivity index (χ0v) is 11.2. The van der Waals surface area contributed by atoms with Gasteiger partial charge in [0.15, 0.2) is 0 Å². The molecule has 1 atom stereocenters. The summed E-state index contributed by atoms with van der Waals surface area (Å²) in [7, 11) is 0. The molecule has 0 saturated heterocycles. The van der Waals surface area contributed by atoms with Crippen LogP contribution in [-0.4, -0.2) is 31.0 Å². The Morgan fingerprint density at radius 2 is 2.12 bits per heavy atom. The number of rotatable bonds is 6. The molecule has 0 amide bonds. The van der Waals surface area contributed by atoms with E-state index in [0.29, 0.717) is 13.2 Å². The van der Waals surface area contributed by atoms with Crippen molar-refractivity contribution in [3.05, 3.63) is 28.2 Å². The van der Waals surface area contributed by atoms with Crippen LogP contribution in [0.3, 0.4) is 0 Å². The van der Waals surface area contributed by atoms with Crippen LogP contribution in [0.2, 0.25) is 0 Å². The van der Waals surface area contributed by atoms with E-state index in [1.807, 2.05) is 32.0 Å². The van der Waals surface area contributed by atoms with Crippen LogP contribution in [0.25, 0.3) is 0 Å². The van der Waals surface area contributed by atoms with Gasteiger partial charge < -0.3 is 14.6 Å². The molecule has 0 heterocycles. The lowest BCUT2D eigenvalue weighted by Gasteiger charge is -2.13. The van der Waals surface area contributed by atoms with Crippen molar-refractivity contribution in [2.75, 3.05) is 19.8 Å². The van der Waals surface area contributed by atoms with Crippen LogP contribution in [0.4, 0.5) is 0 Å². The summed E-state index contributed by atoms with van der Waals surface area (Å²) in [5.41, 5.74) is 1.16. The molecule has 4 heteroatoms. The molecular formula is C12H17BrO3. The fourth-order valence-corrected chi connectivity index (χ4v) is 1.82. The molecule has 90 valence electrons. The van der Waals surface area contributed by atoms with Crippen LogP contribution in [-0.2, 0) is 4.74 Å². The van der Waals surface area contributed by atoms with Crippen molar-refractivity contribution in [2.45, 2.75) is 20.0 Å². The van der Waals surface area contributed by atoms with E-state index in [1.54, 1.807) is 0 Å². The molecule has 1 aromatic carbocycles. The molecule has 0 bridgehead atoms. The molecule has 0 aliphatic carbocycles. The predicted octanol–water partition coefficient (Wildman–Crippen LogP) is 2.53. The number of hydrogen-bond donors (Lipinski definition) is 1. The molecule has 0 saturated carbocycles. The fourth-order valence-electron chi connectivity index (χ4n) is 1.21. The van der Waals surface area contributed by atoms with E-state index in [0.717, 1.165) is 15.8 Å². The van der Waals surface area contributed by atoms with Crippen molar-refractivity contribution in [1.29, 1.82) is 0 Å². The minimum absolute atomic E-state index is 0.238. The highest BCUT2D eigenvalue weighted by molar-refractivity contribution is 9.10. The average molecular weight is 289 g/mol. The molecule has 0 unspecified atom stereocenters. The number of hydrogen-bond acceptors (Lipinski definition) is 3. The molecule has 0 aromatic heterocycles. The molecule has 0 aliphatic heterocycles. The molecule has 0 radical (unpaired) electrons. The number of halogens is 1. The Morgan fingerprint density at radius 1 is 1.38 bits per heavy atom. The largest absolute Gasteiger partial charge is 0.490 e. The summed E-state index contributed by atoms with van der Waals surface area (Å²) in [5, 5.41) is 9.52. The van der Waals surface area contributed by atoms with Gasteiger partial charge in [-0.15, -0.1) is 0 Å². The van der Waals surface area contributed by atoms with Gasteiger partial charge in [-0.1, -0.05) is 6.07 Å². The highest BCUT2D eigenvalue weighted by atomic mass is 79.9. The molecule has 1 N–H and O–H groups in total. The van der Waals surface area contributed by atoms with Crippen LogP contribution in [0.1, 0.15) is 12.5 Å². The molecular weight excluding hydrogens is 272 g/mol. The second kappa shape index (κ2) is 6.89. The summed E-state index contributed by atoms with van der Waals surface area (Å²) in [6.45, 7) is 5.05. The van der Waals surface area contributed by atoms with Crippen molar-refractivity contribution in [2.24, 2.45) is 0 Å². The van der Waals surface area contributed by atoms with E-state index < -0.39 is 6.10 Å². The molecule has 3 nitrogen and oxygen atoms in total. The van der Waals surface area contributed by atoms with Gasteiger partial charge in [-0.05, 0) is 47.5 Å². The molecule has 0 spiro atoms. The minimum atomic E-state index is -0.590. The summed E-state index contributed by atoms with van der Waals surface area (Å²) in [6.07, 6.45) is -0.590. The maximum absolute atomic E-state index is 9.52. The zero-order valence-electron chi connectivity index (χ0n) is 9.57. The number of aliphatic hydroxyl groups is 1. The van der Waals surface area contributed by atoms with Gasteiger partial charge in [0.05, 0.1) is 11.1 Å². The van der Waals surface area contributed by atoms with Gasteiger partial charge in [-0.3, -0.25) is 0 Å². The topological polar surface area (TPSA) is 38.7 Å². The van der Waals surface area contributed by atoms with Crippen molar-refractivity contribution in [3.63, 3.8) is 0 Å². The first-order chi connectivity index (χ1) is 7.63. The molecule has 0 fully saturated rings. The molecule has 1 rings (SSSR count). The van der Waals surface area contributed by atoms with E-state index in [-0.39, 0.29) is 6.61 Å². The zero-order chi connectivity index (χ0) is 12.0. The molecule has 0 aliphatic rings. The summed E-state index contributed by atoms with van der Waals surface area (Å²) in [5.74, 6) is 0.737. The van der Waals surface area contributed by atoms with Gasteiger partial charge in [0.1, 0.15) is 18.5 Å². The van der Waals surface area contributed by atoms with Gasteiger partial charge in [-0.2, -0.15) is 0 Å². The maximum Gasteiger partial charge on any atom is 0.133 e. The van der Waals surface area contributed by atoms with Gasteiger partial charge in [-0.25, -0.2) is 0 Å². The Labute approximate surface area is 105 Å². The number of ether oxygens (including phenoxy) is 2. The summed E-state index contributed by atoms with van der Waals surface area (Å²) >= 11 is 3.41. The number of aliphatic hydroxyl groups excluding tert-OH is 1. The molecule has 16 heavy (non-hydrogen) atoms. The maximum atomic E-state index is 9.52. The van der Waals surface area contributed by atoms with E-state index in [1.165, 1.54) is 0 Å². The first-order valence-corrected chi connectivity index (χ1v) is 6.07. The standard InChI is InChI=1S/C12H17BrO3/c1-3-15-7-10(14)8-16-12-5-4-9(2)6-11(12)13/h4-6,10,14H,3,7-8H2,1-2H3/t10-/m1/s1. The van der Waals surface area contributed by atoms with E-state index >= 15 is 0 Å². The van der Waals surface area contributed by atoms with Crippen LogP contribution in [0, 0.1) is 6.92 Å². The molecule has 1 aromatic rings. The predicted molar refractivity (Wildman–Crippen MR) is 66.9 cm³/mol. The lowest BCUT2D eigenvalue weighted by Crippen LogP contribution is -2.23. The Hall–Kier alpha value is -0.580. The SMILES string of the molecule is CCOC[C@@H](O)COc1ccc(C)cc1Br.